The molecule has 12 heavy (non-hydrogen) atoms. The maximum atomic E-state index is 3.94. The highest BCUT2D eigenvalue weighted by Crippen LogP contribution is 2.13. The van der Waals surface area contributed by atoms with Crippen LogP contribution in [0.1, 0.15) is 0 Å². The van der Waals surface area contributed by atoms with Gasteiger partial charge in [0, 0.05) is 0 Å². The van der Waals surface area contributed by atoms with Gasteiger partial charge in [0.05, 0.1) is 18.2 Å². The number of hydrogen-bond acceptors (Lipinski definition) is 1. The second-order valence-corrected chi connectivity index (χ2v) is 2.33. The number of aromatic amines is 1. The Morgan fingerprint density at radius 3 is 2.42 bits per heavy atom. The molecule has 2 rings (SSSR count). The van der Waals surface area contributed by atoms with Crippen LogP contribution in [0.5, 0.6) is 0 Å². The van der Waals surface area contributed by atoms with Crippen molar-refractivity contribution < 1.29 is 5.48 Å². The Labute approximate surface area is 70.4 Å². The second kappa shape index (κ2) is 3.69. The van der Waals surface area contributed by atoms with Gasteiger partial charge in [0.25, 0.3) is 0 Å². The summed E-state index contributed by atoms with van der Waals surface area (Å²) < 4.78 is 0. The van der Waals surface area contributed by atoms with E-state index in [2.05, 4.69) is 9.97 Å². The molecule has 0 aliphatic carbocycles. The average Bonchev–Trinajstić information content (AvgIpc) is 2.58. The number of nitrogens with zero attached hydrogens (tertiary/aromatic N) is 1. The van der Waals surface area contributed by atoms with Crippen LogP contribution >= 0.6 is 0 Å². The molecule has 1 aromatic carbocycles. The summed E-state index contributed by atoms with van der Waals surface area (Å²) in [5, 5.41) is 0. The molecule has 0 aliphatic heterocycles. The largest absolute Gasteiger partial charge is 0.412 e. The third-order valence-electron chi connectivity index (χ3n) is 1.58. The van der Waals surface area contributed by atoms with Gasteiger partial charge in [-0.2, -0.15) is 0 Å². The normalized spacial score (nSPS) is 9.00. The molecule has 1 heterocycles. The summed E-state index contributed by atoms with van der Waals surface area (Å²) in [4.78, 5) is 6.99. The van der Waals surface area contributed by atoms with Crippen LogP contribution in [0.3, 0.4) is 0 Å². The van der Waals surface area contributed by atoms with Gasteiger partial charge in [-0.25, -0.2) is 4.98 Å². The van der Waals surface area contributed by atoms with E-state index in [-0.39, 0.29) is 5.48 Å². The van der Waals surface area contributed by atoms with E-state index in [1.54, 1.807) is 6.33 Å². The van der Waals surface area contributed by atoms with Gasteiger partial charge >= 0.3 is 0 Å². The van der Waals surface area contributed by atoms with Crippen LogP contribution in [0.25, 0.3) is 11.3 Å². The standard InChI is InChI=1S/C9H8N2.H2O/c1-2-4-8(5-3-1)9-6-10-7-11-9;/h1-7H,(H,10,11);1H2. The lowest BCUT2D eigenvalue weighted by atomic mass is 10.2. The molecule has 62 valence electrons. The molecule has 0 spiro atoms. The van der Waals surface area contributed by atoms with Gasteiger partial charge in [-0.15, -0.1) is 0 Å². The molecule has 0 saturated carbocycles. The van der Waals surface area contributed by atoms with E-state index in [1.807, 2.05) is 36.5 Å². The van der Waals surface area contributed by atoms with Crippen LogP contribution in [0, 0.1) is 0 Å². The molecular weight excluding hydrogens is 152 g/mol. The van der Waals surface area contributed by atoms with Crippen molar-refractivity contribution in [3.05, 3.63) is 42.9 Å². The van der Waals surface area contributed by atoms with Crippen LogP contribution in [-0.4, -0.2) is 15.4 Å². The number of imidazole rings is 1. The summed E-state index contributed by atoms with van der Waals surface area (Å²) >= 11 is 0. The summed E-state index contributed by atoms with van der Waals surface area (Å²) in [6.45, 7) is 0. The quantitative estimate of drug-likeness (QED) is 0.674. The highest BCUT2D eigenvalue weighted by atomic mass is 16.0. The Balaban J connectivity index is 0.000000720. The number of hydrogen-bond donors (Lipinski definition) is 1. The Morgan fingerprint density at radius 2 is 1.83 bits per heavy atom. The Bertz CT molecular complexity index is 316. The lowest BCUT2D eigenvalue weighted by Crippen LogP contribution is -1.73. The molecule has 0 fully saturated rings. The van der Waals surface area contributed by atoms with E-state index < -0.39 is 0 Å². The molecule has 3 nitrogen and oxygen atoms in total. The van der Waals surface area contributed by atoms with Crippen molar-refractivity contribution in [2.45, 2.75) is 0 Å². The van der Waals surface area contributed by atoms with Crippen molar-refractivity contribution in [3.63, 3.8) is 0 Å². The zero-order valence-corrected chi connectivity index (χ0v) is 6.49. The van der Waals surface area contributed by atoms with Crippen LogP contribution in [0.2, 0.25) is 0 Å². The molecule has 2 aromatic rings. The molecular formula is C9H10N2O. The fourth-order valence-corrected chi connectivity index (χ4v) is 1.03. The predicted octanol–water partition coefficient (Wildman–Crippen LogP) is 1.25. The van der Waals surface area contributed by atoms with E-state index in [1.165, 1.54) is 5.56 Å². The summed E-state index contributed by atoms with van der Waals surface area (Å²) in [5.74, 6) is 0. The average molecular weight is 162 g/mol. The summed E-state index contributed by atoms with van der Waals surface area (Å²) in [5.41, 5.74) is 2.23. The molecule has 3 N–H and O–H groups in total. The molecule has 0 radical (unpaired) electrons. The fourth-order valence-electron chi connectivity index (χ4n) is 1.03. The molecule has 0 bridgehead atoms. The van der Waals surface area contributed by atoms with Gasteiger partial charge in [-0.05, 0) is 5.56 Å². The fraction of sp³-hybridized carbons (Fsp3) is 0. The van der Waals surface area contributed by atoms with Crippen LogP contribution in [0.4, 0.5) is 0 Å². The first-order valence-electron chi connectivity index (χ1n) is 3.50. The van der Waals surface area contributed by atoms with E-state index >= 15 is 0 Å². The summed E-state index contributed by atoms with van der Waals surface area (Å²) in [6, 6.07) is 10.1. The lowest BCUT2D eigenvalue weighted by Gasteiger charge is -1.93. The van der Waals surface area contributed by atoms with Crippen molar-refractivity contribution in [2.75, 3.05) is 0 Å². The van der Waals surface area contributed by atoms with Gasteiger partial charge in [0.1, 0.15) is 0 Å². The van der Waals surface area contributed by atoms with Crippen molar-refractivity contribution in [1.82, 2.24) is 9.97 Å². The molecule has 0 unspecified atom stereocenters. The minimum absolute atomic E-state index is 0. The zero-order chi connectivity index (χ0) is 7.52. The monoisotopic (exact) mass is 162 g/mol. The Kier molecular flexibility index (Phi) is 2.61. The maximum absolute atomic E-state index is 3.94. The van der Waals surface area contributed by atoms with Gasteiger partial charge < -0.3 is 10.5 Å². The lowest BCUT2D eigenvalue weighted by molar-refractivity contribution is 0.824. The van der Waals surface area contributed by atoms with Crippen molar-refractivity contribution in [2.24, 2.45) is 0 Å². The van der Waals surface area contributed by atoms with Crippen molar-refractivity contribution >= 4 is 0 Å². The SMILES string of the molecule is O.c1ccc(-c2cnc[nH]2)cc1. The molecule has 0 saturated heterocycles. The minimum Gasteiger partial charge on any atom is -0.412 e. The third-order valence-corrected chi connectivity index (χ3v) is 1.58. The van der Waals surface area contributed by atoms with Gasteiger partial charge in [0.15, 0.2) is 0 Å². The van der Waals surface area contributed by atoms with E-state index in [0.29, 0.717) is 0 Å². The highest BCUT2D eigenvalue weighted by Gasteiger charge is 1.94. The van der Waals surface area contributed by atoms with E-state index in [9.17, 15) is 0 Å². The minimum atomic E-state index is 0. The first-order chi connectivity index (χ1) is 5.47. The number of H-pyrrole nitrogens is 1. The Hall–Kier alpha value is -1.61. The molecule has 1 aromatic heterocycles. The predicted molar refractivity (Wildman–Crippen MR) is 47.6 cm³/mol. The maximum Gasteiger partial charge on any atom is 0.0924 e. The van der Waals surface area contributed by atoms with E-state index in [4.69, 9.17) is 0 Å². The van der Waals surface area contributed by atoms with Crippen LogP contribution in [0.15, 0.2) is 42.9 Å². The molecule has 0 amide bonds. The smallest absolute Gasteiger partial charge is 0.0924 e. The number of nitrogens with one attached hydrogen (secondary N) is 1. The third kappa shape index (κ3) is 1.52. The number of rotatable bonds is 1. The van der Waals surface area contributed by atoms with Crippen LogP contribution in [-0.2, 0) is 0 Å². The highest BCUT2D eigenvalue weighted by molar-refractivity contribution is 5.57. The van der Waals surface area contributed by atoms with Crippen molar-refractivity contribution in [1.29, 1.82) is 0 Å². The summed E-state index contributed by atoms with van der Waals surface area (Å²) in [7, 11) is 0. The molecule has 0 aliphatic rings. The molecule has 3 heteroatoms. The summed E-state index contributed by atoms with van der Waals surface area (Å²) in [6.07, 6.45) is 3.50. The van der Waals surface area contributed by atoms with Gasteiger partial charge in [-0.1, -0.05) is 30.3 Å². The van der Waals surface area contributed by atoms with Gasteiger partial charge in [0.2, 0.25) is 0 Å². The first-order valence-corrected chi connectivity index (χ1v) is 3.50. The topological polar surface area (TPSA) is 60.2 Å². The van der Waals surface area contributed by atoms with E-state index in [0.717, 1.165) is 5.69 Å². The Morgan fingerprint density at radius 1 is 1.08 bits per heavy atom. The number of benzene rings is 1. The zero-order valence-electron chi connectivity index (χ0n) is 6.49. The first kappa shape index (κ1) is 8.49. The van der Waals surface area contributed by atoms with Crippen molar-refractivity contribution in [3.8, 4) is 11.3 Å². The van der Waals surface area contributed by atoms with Gasteiger partial charge in [-0.3, -0.25) is 0 Å². The number of aromatic nitrogens is 2. The molecule has 0 atom stereocenters. The van der Waals surface area contributed by atoms with Crippen LogP contribution < -0.4 is 0 Å². The second-order valence-electron chi connectivity index (χ2n) is 2.33.